The van der Waals surface area contributed by atoms with Crippen molar-refractivity contribution >= 4 is 17.8 Å². The summed E-state index contributed by atoms with van der Waals surface area (Å²) in [6.45, 7) is 0. The number of aliphatic imine (C=N–C) groups is 1. The maximum atomic E-state index is 12.8. The summed E-state index contributed by atoms with van der Waals surface area (Å²) < 4.78 is 12.8. The van der Waals surface area contributed by atoms with Crippen molar-refractivity contribution in [1.29, 1.82) is 0 Å². The number of rotatable bonds is 2. The number of carbonyl (C=O) groups excluding carboxylic acids is 2. The average Bonchev–Trinajstić information content (AvgIpc) is 3.14. The average molecular weight is 261 g/mol. The highest BCUT2D eigenvalue weighted by atomic mass is 19.1. The van der Waals surface area contributed by atoms with Crippen LogP contribution in [-0.4, -0.2) is 23.8 Å². The molecule has 0 radical (unpaired) electrons. The van der Waals surface area contributed by atoms with Crippen LogP contribution < -0.4 is 10.6 Å². The fraction of sp³-hybridized carbons (Fsp3) is 0.308. The lowest BCUT2D eigenvalue weighted by atomic mass is 9.96. The maximum absolute atomic E-state index is 12.8. The van der Waals surface area contributed by atoms with E-state index in [1.165, 1.54) is 24.3 Å². The zero-order valence-electron chi connectivity index (χ0n) is 10.0. The first-order valence-electron chi connectivity index (χ1n) is 6.08. The largest absolute Gasteiger partial charge is 0.295 e. The monoisotopic (exact) mass is 261 g/mol. The van der Waals surface area contributed by atoms with E-state index in [1.54, 1.807) is 0 Å². The SMILES string of the molecule is O=C1NC(=NC2CC2)NC(=O)C1c1ccc(F)cc1. The van der Waals surface area contributed by atoms with Crippen LogP contribution in [0.2, 0.25) is 0 Å². The fourth-order valence-electron chi connectivity index (χ4n) is 1.94. The molecule has 1 aromatic rings. The molecule has 2 N–H and O–H groups in total. The van der Waals surface area contributed by atoms with Crippen LogP contribution in [0.15, 0.2) is 29.3 Å². The Labute approximate surface area is 108 Å². The molecule has 3 rings (SSSR count). The van der Waals surface area contributed by atoms with Gasteiger partial charge in [0.15, 0.2) is 0 Å². The number of guanidine groups is 1. The minimum Gasteiger partial charge on any atom is -0.295 e. The van der Waals surface area contributed by atoms with Crippen molar-refractivity contribution in [3.05, 3.63) is 35.6 Å². The molecule has 0 aromatic heterocycles. The van der Waals surface area contributed by atoms with Crippen molar-refractivity contribution in [2.75, 3.05) is 0 Å². The van der Waals surface area contributed by atoms with E-state index in [1.807, 2.05) is 0 Å². The Kier molecular flexibility index (Phi) is 2.77. The Hall–Kier alpha value is -2.24. The topological polar surface area (TPSA) is 70.6 Å². The number of amides is 2. The van der Waals surface area contributed by atoms with Crippen molar-refractivity contribution in [3.63, 3.8) is 0 Å². The lowest BCUT2D eigenvalue weighted by Crippen LogP contribution is -2.55. The Bertz CT molecular complexity index is 544. The number of nitrogens with one attached hydrogen (secondary N) is 2. The quantitative estimate of drug-likeness (QED) is 0.768. The highest BCUT2D eigenvalue weighted by Gasteiger charge is 2.35. The summed E-state index contributed by atoms with van der Waals surface area (Å²) >= 11 is 0. The standard InChI is InChI=1S/C13H12FN3O2/c14-8-3-1-7(2-4-8)10-11(18)16-13(17-12(10)19)15-9-5-6-9/h1-4,9-10H,5-6H2,(H2,15,16,17,18,19). The molecule has 2 fully saturated rings. The number of hydrogen-bond donors (Lipinski definition) is 2. The first-order chi connectivity index (χ1) is 9.13. The van der Waals surface area contributed by atoms with Gasteiger partial charge in [-0.3, -0.25) is 20.2 Å². The number of hydrogen-bond acceptors (Lipinski definition) is 3. The third kappa shape index (κ3) is 2.47. The second kappa shape index (κ2) is 4.46. The molecule has 1 saturated heterocycles. The molecule has 98 valence electrons. The van der Waals surface area contributed by atoms with Crippen molar-refractivity contribution in [2.24, 2.45) is 4.99 Å². The normalized spacial score (nSPS) is 22.8. The molecule has 2 amide bonds. The molecular formula is C13H12FN3O2. The van der Waals surface area contributed by atoms with Crippen molar-refractivity contribution in [3.8, 4) is 0 Å². The van der Waals surface area contributed by atoms with E-state index >= 15 is 0 Å². The molecule has 0 spiro atoms. The molecule has 1 aliphatic heterocycles. The van der Waals surface area contributed by atoms with Crippen LogP contribution in [0, 0.1) is 5.82 Å². The molecular weight excluding hydrogens is 249 g/mol. The van der Waals surface area contributed by atoms with Gasteiger partial charge in [0.05, 0.1) is 6.04 Å². The highest BCUT2D eigenvalue weighted by molar-refractivity contribution is 6.20. The molecule has 19 heavy (non-hydrogen) atoms. The fourth-order valence-corrected chi connectivity index (χ4v) is 1.94. The molecule has 6 heteroatoms. The third-order valence-electron chi connectivity index (χ3n) is 3.07. The van der Waals surface area contributed by atoms with E-state index < -0.39 is 23.5 Å². The Morgan fingerprint density at radius 3 is 2.16 bits per heavy atom. The molecule has 1 saturated carbocycles. The van der Waals surface area contributed by atoms with E-state index in [0.717, 1.165) is 12.8 Å². The van der Waals surface area contributed by atoms with Gasteiger partial charge in [0.2, 0.25) is 17.8 Å². The third-order valence-corrected chi connectivity index (χ3v) is 3.07. The van der Waals surface area contributed by atoms with Crippen LogP contribution in [0.1, 0.15) is 24.3 Å². The molecule has 1 aliphatic carbocycles. The summed E-state index contributed by atoms with van der Waals surface area (Å²) in [6.07, 6.45) is 1.97. The van der Waals surface area contributed by atoms with Crippen LogP contribution in [-0.2, 0) is 9.59 Å². The minimum atomic E-state index is -0.959. The van der Waals surface area contributed by atoms with E-state index in [-0.39, 0.29) is 12.0 Å². The molecule has 1 aromatic carbocycles. The van der Waals surface area contributed by atoms with Crippen molar-refractivity contribution < 1.29 is 14.0 Å². The van der Waals surface area contributed by atoms with Crippen LogP contribution in [0.25, 0.3) is 0 Å². The molecule has 5 nitrogen and oxygen atoms in total. The zero-order valence-corrected chi connectivity index (χ0v) is 10.0. The first kappa shape index (κ1) is 11.8. The van der Waals surface area contributed by atoms with E-state index in [4.69, 9.17) is 0 Å². The Morgan fingerprint density at radius 2 is 1.63 bits per heavy atom. The van der Waals surface area contributed by atoms with Gasteiger partial charge in [0, 0.05) is 0 Å². The van der Waals surface area contributed by atoms with E-state index in [9.17, 15) is 14.0 Å². The predicted octanol–water partition coefficient (Wildman–Crippen LogP) is 0.674. The Balaban J connectivity index is 1.82. The van der Waals surface area contributed by atoms with Crippen LogP contribution in [0.4, 0.5) is 4.39 Å². The van der Waals surface area contributed by atoms with Gasteiger partial charge in [0.25, 0.3) is 0 Å². The summed E-state index contributed by atoms with van der Waals surface area (Å²) in [6, 6.07) is 5.52. The van der Waals surface area contributed by atoms with Crippen molar-refractivity contribution in [1.82, 2.24) is 10.6 Å². The van der Waals surface area contributed by atoms with Gasteiger partial charge in [0.1, 0.15) is 11.7 Å². The smallest absolute Gasteiger partial charge is 0.243 e. The lowest BCUT2D eigenvalue weighted by molar-refractivity contribution is -0.131. The van der Waals surface area contributed by atoms with Gasteiger partial charge in [-0.25, -0.2) is 9.38 Å². The summed E-state index contributed by atoms with van der Waals surface area (Å²) in [5.41, 5.74) is 0.460. The number of carbonyl (C=O) groups is 2. The predicted molar refractivity (Wildman–Crippen MR) is 65.9 cm³/mol. The molecule has 0 atom stereocenters. The van der Waals surface area contributed by atoms with Gasteiger partial charge < -0.3 is 0 Å². The Morgan fingerprint density at radius 1 is 1.05 bits per heavy atom. The summed E-state index contributed by atoms with van der Waals surface area (Å²) in [4.78, 5) is 28.1. The maximum Gasteiger partial charge on any atom is 0.243 e. The van der Waals surface area contributed by atoms with Gasteiger partial charge >= 0.3 is 0 Å². The number of benzene rings is 1. The number of nitrogens with zero attached hydrogens (tertiary/aromatic N) is 1. The minimum absolute atomic E-state index is 0.206. The van der Waals surface area contributed by atoms with Crippen LogP contribution >= 0.6 is 0 Å². The number of halogens is 1. The first-order valence-corrected chi connectivity index (χ1v) is 6.08. The van der Waals surface area contributed by atoms with Crippen LogP contribution in [0.5, 0.6) is 0 Å². The molecule has 0 unspecified atom stereocenters. The van der Waals surface area contributed by atoms with Gasteiger partial charge in [-0.1, -0.05) is 12.1 Å². The summed E-state index contributed by atoms with van der Waals surface area (Å²) in [5.74, 6) is -2.02. The van der Waals surface area contributed by atoms with Gasteiger partial charge in [-0.15, -0.1) is 0 Å². The second-order valence-electron chi connectivity index (χ2n) is 4.67. The second-order valence-corrected chi connectivity index (χ2v) is 4.67. The van der Waals surface area contributed by atoms with E-state index in [2.05, 4.69) is 15.6 Å². The molecule has 2 aliphatic rings. The van der Waals surface area contributed by atoms with Gasteiger partial charge in [-0.05, 0) is 30.5 Å². The lowest BCUT2D eigenvalue weighted by Gasteiger charge is -2.23. The molecule has 1 heterocycles. The van der Waals surface area contributed by atoms with Crippen LogP contribution in [0.3, 0.4) is 0 Å². The van der Waals surface area contributed by atoms with Gasteiger partial charge in [-0.2, -0.15) is 0 Å². The summed E-state index contributed by atoms with van der Waals surface area (Å²) in [5, 5.41) is 5.13. The summed E-state index contributed by atoms with van der Waals surface area (Å²) in [7, 11) is 0. The molecule has 0 bridgehead atoms. The van der Waals surface area contributed by atoms with Crippen molar-refractivity contribution in [2.45, 2.75) is 24.8 Å². The van der Waals surface area contributed by atoms with E-state index in [0.29, 0.717) is 5.56 Å². The zero-order chi connectivity index (χ0) is 13.4. The highest BCUT2D eigenvalue weighted by Crippen LogP contribution is 2.24.